The number of nitrogen functional groups attached to an aromatic ring is 1. The molecule has 0 heterocycles. The second kappa shape index (κ2) is 5.38. The molecule has 0 atom stereocenters. The Hall–Kier alpha value is -2.05. The minimum Gasteiger partial charge on any atom is -0.456 e. The molecule has 1 aliphatic carbocycles. The van der Waals surface area contributed by atoms with Crippen LogP contribution in [-0.4, -0.2) is 14.5 Å². The summed E-state index contributed by atoms with van der Waals surface area (Å²) in [5, 5.41) is 0. The highest BCUT2D eigenvalue weighted by Crippen LogP contribution is 2.31. The number of hydrogen-bond donors (Lipinski definition) is 2. The molecule has 0 unspecified atom stereocenters. The van der Waals surface area contributed by atoms with E-state index in [1.165, 1.54) is 6.07 Å². The molecule has 0 saturated heterocycles. The van der Waals surface area contributed by atoms with Gasteiger partial charge in [0.25, 0.3) is 0 Å². The van der Waals surface area contributed by atoms with E-state index in [1.807, 2.05) is 0 Å². The summed E-state index contributed by atoms with van der Waals surface area (Å²) in [4.78, 5) is 0.138. The molecule has 1 aliphatic rings. The van der Waals surface area contributed by atoms with Gasteiger partial charge >= 0.3 is 0 Å². The normalized spacial score (nSPS) is 14.9. The van der Waals surface area contributed by atoms with Crippen LogP contribution in [0, 0.1) is 0 Å². The minimum atomic E-state index is -3.56. The van der Waals surface area contributed by atoms with Crippen LogP contribution in [0.3, 0.4) is 0 Å². The molecule has 110 valence electrons. The smallest absolute Gasteiger partial charge is 0.244 e. The SMILES string of the molecule is Nc1cccc(Oc2ccccc2S(=O)(=O)NC2CC2)c1. The van der Waals surface area contributed by atoms with Gasteiger partial charge in [0.2, 0.25) is 10.0 Å². The Labute approximate surface area is 123 Å². The maximum absolute atomic E-state index is 12.3. The molecule has 0 radical (unpaired) electrons. The van der Waals surface area contributed by atoms with Gasteiger partial charge < -0.3 is 10.5 Å². The van der Waals surface area contributed by atoms with Gasteiger partial charge in [-0.2, -0.15) is 0 Å². The average molecular weight is 304 g/mol. The van der Waals surface area contributed by atoms with Crippen molar-refractivity contribution in [2.45, 2.75) is 23.8 Å². The van der Waals surface area contributed by atoms with Gasteiger partial charge in [-0.15, -0.1) is 0 Å². The first-order chi connectivity index (χ1) is 10.0. The molecular weight excluding hydrogens is 288 g/mol. The maximum Gasteiger partial charge on any atom is 0.244 e. The standard InChI is InChI=1S/C15H16N2O3S/c16-11-4-3-5-13(10-11)20-14-6-1-2-7-15(14)21(18,19)17-12-8-9-12/h1-7,10,12,17H,8-9,16H2. The third kappa shape index (κ3) is 3.34. The summed E-state index contributed by atoms with van der Waals surface area (Å²) < 4.78 is 33.0. The average Bonchev–Trinajstić information content (AvgIpc) is 3.22. The number of nitrogens with two attached hydrogens (primary N) is 1. The Morgan fingerprint density at radius 2 is 1.86 bits per heavy atom. The molecule has 3 rings (SSSR count). The van der Waals surface area contributed by atoms with Gasteiger partial charge in [0.15, 0.2) is 0 Å². The lowest BCUT2D eigenvalue weighted by Gasteiger charge is -2.12. The lowest BCUT2D eigenvalue weighted by molar-refractivity contribution is 0.467. The van der Waals surface area contributed by atoms with E-state index < -0.39 is 10.0 Å². The summed E-state index contributed by atoms with van der Waals surface area (Å²) in [5.41, 5.74) is 6.26. The molecule has 2 aromatic rings. The number of para-hydroxylation sites is 1. The van der Waals surface area contributed by atoms with Gasteiger partial charge in [-0.1, -0.05) is 18.2 Å². The van der Waals surface area contributed by atoms with Crippen LogP contribution in [0.15, 0.2) is 53.4 Å². The maximum atomic E-state index is 12.3. The van der Waals surface area contributed by atoms with Crippen molar-refractivity contribution in [3.8, 4) is 11.5 Å². The first-order valence-corrected chi connectivity index (χ1v) is 8.18. The van der Waals surface area contributed by atoms with Crippen molar-refractivity contribution < 1.29 is 13.2 Å². The number of rotatable bonds is 5. The Morgan fingerprint density at radius 3 is 2.57 bits per heavy atom. The number of nitrogens with one attached hydrogen (secondary N) is 1. The van der Waals surface area contributed by atoms with E-state index in [2.05, 4.69) is 4.72 Å². The number of benzene rings is 2. The molecule has 6 heteroatoms. The second-order valence-electron chi connectivity index (χ2n) is 5.02. The van der Waals surface area contributed by atoms with E-state index in [-0.39, 0.29) is 16.7 Å². The molecule has 0 aliphatic heterocycles. The Morgan fingerprint density at radius 1 is 1.10 bits per heavy atom. The van der Waals surface area contributed by atoms with Gasteiger partial charge in [0, 0.05) is 17.8 Å². The van der Waals surface area contributed by atoms with Crippen LogP contribution in [0.5, 0.6) is 11.5 Å². The predicted octanol–water partition coefficient (Wildman–Crippen LogP) is 2.50. The monoisotopic (exact) mass is 304 g/mol. The van der Waals surface area contributed by atoms with Crippen molar-refractivity contribution >= 4 is 15.7 Å². The van der Waals surface area contributed by atoms with E-state index in [4.69, 9.17) is 10.5 Å². The molecule has 3 N–H and O–H groups in total. The molecule has 1 fully saturated rings. The fraction of sp³-hybridized carbons (Fsp3) is 0.200. The van der Waals surface area contributed by atoms with Crippen LogP contribution in [0.4, 0.5) is 5.69 Å². The van der Waals surface area contributed by atoms with Crippen LogP contribution in [0.25, 0.3) is 0 Å². The summed E-state index contributed by atoms with van der Waals surface area (Å²) in [7, 11) is -3.56. The molecule has 5 nitrogen and oxygen atoms in total. The number of hydrogen-bond acceptors (Lipinski definition) is 4. The van der Waals surface area contributed by atoms with E-state index in [0.717, 1.165) is 12.8 Å². The molecule has 0 amide bonds. The van der Waals surface area contributed by atoms with Crippen molar-refractivity contribution in [2.24, 2.45) is 0 Å². The molecule has 2 aromatic carbocycles. The zero-order valence-corrected chi connectivity index (χ0v) is 12.1. The van der Waals surface area contributed by atoms with Crippen molar-refractivity contribution in [1.82, 2.24) is 4.72 Å². The lowest BCUT2D eigenvalue weighted by atomic mass is 10.3. The van der Waals surface area contributed by atoms with Crippen molar-refractivity contribution in [2.75, 3.05) is 5.73 Å². The van der Waals surface area contributed by atoms with Crippen molar-refractivity contribution in [1.29, 1.82) is 0 Å². The molecule has 0 aromatic heterocycles. The van der Waals surface area contributed by atoms with E-state index in [1.54, 1.807) is 42.5 Å². The topological polar surface area (TPSA) is 81.4 Å². The summed E-state index contributed by atoms with van der Waals surface area (Å²) in [6.07, 6.45) is 1.77. The zero-order chi connectivity index (χ0) is 14.9. The number of ether oxygens (including phenoxy) is 1. The van der Waals surface area contributed by atoms with Crippen LogP contribution < -0.4 is 15.2 Å². The van der Waals surface area contributed by atoms with Gasteiger partial charge in [0.1, 0.15) is 16.4 Å². The summed E-state index contributed by atoms with van der Waals surface area (Å²) in [6, 6.07) is 13.5. The predicted molar refractivity (Wildman–Crippen MR) is 80.7 cm³/mol. The molecule has 0 bridgehead atoms. The summed E-state index contributed by atoms with van der Waals surface area (Å²) >= 11 is 0. The van der Waals surface area contributed by atoms with E-state index >= 15 is 0 Å². The van der Waals surface area contributed by atoms with Crippen LogP contribution in [0.1, 0.15) is 12.8 Å². The van der Waals surface area contributed by atoms with Gasteiger partial charge in [-0.05, 0) is 37.1 Å². The molecule has 21 heavy (non-hydrogen) atoms. The van der Waals surface area contributed by atoms with E-state index in [0.29, 0.717) is 11.4 Å². The quantitative estimate of drug-likeness (QED) is 0.832. The first-order valence-electron chi connectivity index (χ1n) is 6.69. The highest BCUT2D eigenvalue weighted by atomic mass is 32.2. The number of sulfonamides is 1. The zero-order valence-electron chi connectivity index (χ0n) is 11.3. The molecular formula is C15H16N2O3S. The van der Waals surface area contributed by atoms with E-state index in [9.17, 15) is 8.42 Å². The molecule has 0 spiro atoms. The third-order valence-corrected chi connectivity index (χ3v) is 4.68. The van der Waals surface area contributed by atoms with Crippen LogP contribution in [0.2, 0.25) is 0 Å². The Bertz CT molecular complexity index is 755. The van der Waals surface area contributed by atoms with Gasteiger partial charge in [0.05, 0.1) is 0 Å². The van der Waals surface area contributed by atoms with Gasteiger partial charge in [-0.3, -0.25) is 0 Å². The molecule has 1 saturated carbocycles. The lowest BCUT2D eigenvalue weighted by Crippen LogP contribution is -2.26. The van der Waals surface area contributed by atoms with Crippen molar-refractivity contribution in [3.63, 3.8) is 0 Å². The minimum absolute atomic E-state index is 0.0513. The van der Waals surface area contributed by atoms with Gasteiger partial charge in [-0.25, -0.2) is 13.1 Å². The summed E-state index contributed by atoms with van der Waals surface area (Å²) in [5.74, 6) is 0.792. The second-order valence-corrected chi connectivity index (χ2v) is 6.70. The fourth-order valence-electron chi connectivity index (χ4n) is 1.95. The third-order valence-electron chi connectivity index (χ3n) is 3.12. The Kier molecular flexibility index (Phi) is 3.57. The highest BCUT2D eigenvalue weighted by Gasteiger charge is 2.29. The van der Waals surface area contributed by atoms with Crippen molar-refractivity contribution in [3.05, 3.63) is 48.5 Å². The van der Waals surface area contributed by atoms with Crippen LogP contribution >= 0.6 is 0 Å². The largest absolute Gasteiger partial charge is 0.456 e. The number of anilines is 1. The first kappa shape index (κ1) is 13.9. The fourth-order valence-corrected chi connectivity index (χ4v) is 3.38. The van der Waals surface area contributed by atoms with Crippen LogP contribution in [-0.2, 0) is 10.0 Å². The highest BCUT2D eigenvalue weighted by molar-refractivity contribution is 7.89. The summed E-state index contributed by atoms with van der Waals surface area (Å²) in [6.45, 7) is 0. The Balaban J connectivity index is 1.92.